The number of rotatable bonds is 2. The van der Waals surface area contributed by atoms with E-state index in [4.69, 9.17) is 0 Å². The fourth-order valence-electron chi connectivity index (χ4n) is 1.13. The molecule has 0 atom stereocenters. The summed E-state index contributed by atoms with van der Waals surface area (Å²) in [5.74, 6) is -0.604. The van der Waals surface area contributed by atoms with Crippen LogP contribution >= 0.6 is 0 Å². The molecule has 0 unspecified atom stereocenters. The van der Waals surface area contributed by atoms with E-state index >= 15 is 0 Å². The van der Waals surface area contributed by atoms with Crippen molar-refractivity contribution in [1.82, 2.24) is 0 Å². The molecule has 0 aromatic heterocycles. The lowest BCUT2D eigenvalue weighted by Gasteiger charge is -2.03. The summed E-state index contributed by atoms with van der Waals surface area (Å²) in [6.45, 7) is 1.16. The van der Waals surface area contributed by atoms with Crippen molar-refractivity contribution in [3.63, 3.8) is 0 Å². The zero-order chi connectivity index (χ0) is 11.5. The Hall–Kier alpha value is -1.58. The maximum atomic E-state index is 12.0. The zero-order valence-corrected chi connectivity index (χ0v) is 8.01. The minimum atomic E-state index is -4.45. The van der Waals surface area contributed by atoms with E-state index < -0.39 is 12.0 Å². The van der Waals surface area contributed by atoms with Gasteiger partial charge in [-0.25, -0.2) is 0 Å². The summed E-state index contributed by atoms with van der Waals surface area (Å²) in [4.78, 5) is 11.5. The third-order valence-electron chi connectivity index (χ3n) is 1.77. The van der Waals surface area contributed by atoms with Gasteiger partial charge in [0.2, 0.25) is 0 Å². The quantitative estimate of drug-likeness (QED) is 0.544. The van der Waals surface area contributed by atoms with Gasteiger partial charge in [0.1, 0.15) is 0 Å². The number of allylic oxidation sites excluding steroid dienone is 2. The molecule has 0 amide bonds. The summed E-state index contributed by atoms with van der Waals surface area (Å²) >= 11 is 0. The molecule has 1 rings (SSSR count). The van der Waals surface area contributed by atoms with Crippen LogP contribution in [0, 0.1) is 0 Å². The van der Waals surface area contributed by atoms with Gasteiger partial charge in [0, 0.05) is 17.2 Å². The number of ketones is 1. The van der Waals surface area contributed by atoms with Crippen LogP contribution in [0.5, 0.6) is 0 Å². The molecule has 1 aromatic carbocycles. The molecule has 0 aliphatic rings. The van der Waals surface area contributed by atoms with Gasteiger partial charge in [-0.15, -0.1) is 0 Å². The first-order valence-corrected chi connectivity index (χ1v) is 4.26. The summed E-state index contributed by atoms with van der Waals surface area (Å²) in [7, 11) is 0. The third-order valence-corrected chi connectivity index (χ3v) is 1.77. The maximum absolute atomic E-state index is 12.0. The van der Waals surface area contributed by atoms with Gasteiger partial charge in [-0.3, -0.25) is 4.79 Å². The first-order valence-electron chi connectivity index (χ1n) is 4.26. The van der Waals surface area contributed by atoms with Crippen molar-refractivity contribution in [2.24, 2.45) is 0 Å². The lowest BCUT2D eigenvalue weighted by molar-refractivity contribution is -0.0804. The van der Waals surface area contributed by atoms with Crippen LogP contribution in [0.3, 0.4) is 0 Å². The molecule has 1 aromatic rings. The van der Waals surface area contributed by atoms with Gasteiger partial charge in [0.25, 0.3) is 0 Å². The highest BCUT2D eigenvalue weighted by atomic mass is 19.4. The highest BCUT2D eigenvalue weighted by molar-refractivity contribution is 6.08. The third kappa shape index (κ3) is 3.58. The van der Waals surface area contributed by atoms with Crippen molar-refractivity contribution in [2.75, 3.05) is 0 Å². The summed E-state index contributed by atoms with van der Waals surface area (Å²) in [5, 5.41) is 0. The second-order valence-electron chi connectivity index (χ2n) is 3.06. The van der Waals surface area contributed by atoms with E-state index in [1.165, 1.54) is 12.1 Å². The second-order valence-corrected chi connectivity index (χ2v) is 3.06. The molecule has 0 spiro atoms. The van der Waals surface area contributed by atoms with E-state index in [0.29, 0.717) is 0 Å². The highest BCUT2D eigenvalue weighted by Crippen LogP contribution is 2.20. The molecule has 0 N–H and O–H groups in total. The van der Waals surface area contributed by atoms with E-state index in [-0.39, 0.29) is 17.2 Å². The van der Waals surface area contributed by atoms with Crippen LogP contribution in [0.25, 0.3) is 0 Å². The van der Waals surface area contributed by atoms with Crippen molar-refractivity contribution < 1.29 is 18.0 Å². The van der Waals surface area contributed by atoms with Crippen molar-refractivity contribution in [3.8, 4) is 0 Å². The van der Waals surface area contributed by atoms with Crippen molar-refractivity contribution in [1.29, 1.82) is 0 Å². The van der Waals surface area contributed by atoms with E-state index in [0.717, 1.165) is 6.92 Å². The van der Waals surface area contributed by atoms with Gasteiger partial charge in [0.15, 0.2) is 5.78 Å². The molecule has 0 radical (unpaired) electrons. The number of halogens is 3. The molecule has 1 nitrogen and oxygen atoms in total. The predicted octanol–water partition coefficient (Wildman–Crippen LogP) is 3.38. The number of hydrogen-bond donors (Lipinski definition) is 0. The fourth-order valence-corrected chi connectivity index (χ4v) is 1.13. The van der Waals surface area contributed by atoms with Gasteiger partial charge in [-0.1, -0.05) is 30.3 Å². The molecule has 0 heterocycles. The van der Waals surface area contributed by atoms with E-state index in [1.807, 2.05) is 0 Å². The number of carbonyl (C=O) groups is 1. The summed E-state index contributed by atoms with van der Waals surface area (Å²) in [6, 6.07) is 7.87. The standard InChI is InChI=1S/C11H9F3O/c1-8(7-11(12,13)14)10(15)9-5-3-2-4-6-9/h2-7H,1H3/b8-7+. The molecule has 0 aliphatic heterocycles. The molecule has 80 valence electrons. The number of hydrogen-bond acceptors (Lipinski definition) is 1. The summed E-state index contributed by atoms with van der Waals surface area (Å²) in [5.41, 5.74) is -0.0517. The largest absolute Gasteiger partial charge is 0.410 e. The second kappa shape index (κ2) is 4.29. The van der Waals surface area contributed by atoms with Gasteiger partial charge >= 0.3 is 6.18 Å². The molecular weight excluding hydrogens is 205 g/mol. The number of carbonyl (C=O) groups excluding carboxylic acids is 1. The Morgan fingerprint density at radius 1 is 1.20 bits per heavy atom. The average Bonchev–Trinajstić information content (AvgIpc) is 2.15. The Morgan fingerprint density at radius 3 is 2.20 bits per heavy atom. The Morgan fingerprint density at radius 2 is 1.73 bits per heavy atom. The molecule has 15 heavy (non-hydrogen) atoms. The van der Waals surface area contributed by atoms with Crippen molar-refractivity contribution in [2.45, 2.75) is 13.1 Å². The van der Waals surface area contributed by atoms with Gasteiger partial charge in [-0.05, 0) is 6.92 Å². The highest BCUT2D eigenvalue weighted by Gasteiger charge is 2.25. The molecule has 0 fully saturated rings. The van der Waals surface area contributed by atoms with Crippen LogP contribution in [0.1, 0.15) is 17.3 Å². The van der Waals surface area contributed by atoms with Gasteiger partial charge < -0.3 is 0 Å². The number of alkyl halides is 3. The molecule has 0 saturated heterocycles. The summed E-state index contributed by atoms with van der Waals surface area (Å²) < 4.78 is 35.9. The van der Waals surface area contributed by atoms with Crippen LogP contribution in [-0.2, 0) is 0 Å². The van der Waals surface area contributed by atoms with Gasteiger partial charge in [-0.2, -0.15) is 13.2 Å². The van der Waals surface area contributed by atoms with Crippen LogP contribution in [0.15, 0.2) is 42.0 Å². The topological polar surface area (TPSA) is 17.1 Å². The normalized spacial score (nSPS) is 12.7. The van der Waals surface area contributed by atoms with Crippen LogP contribution in [0.2, 0.25) is 0 Å². The lowest BCUT2D eigenvalue weighted by Crippen LogP contribution is -2.08. The fraction of sp³-hybridized carbons (Fsp3) is 0.182. The molecular formula is C11H9F3O. The Kier molecular flexibility index (Phi) is 3.29. The summed E-state index contributed by atoms with van der Waals surface area (Å²) in [6.07, 6.45) is -4.43. The zero-order valence-electron chi connectivity index (χ0n) is 8.01. The number of Topliss-reactive ketones (excluding diaryl/α,β-unsaturated/α-hetero) is 1. The van der Waals surface area contributed by atoms with E-state index in [1.54, 1.807) is 18.2 Å². The Bertz CT molecular complexity index is 377. The van der Waals surface area contributed by atoms with Crippen LogP contribution < -0.4 is 0 Å². The minimum Gasteiger partial charge on any atom is -0.289 e. The Balaban J connectivity index is 2.92. The van der Waals surface area contributed by atoms with Crippen LogP contribution in [0.4, 0.5) is 13.2 Å². The number of benzene rings is 1. The minimum absolute atomic E-state index is 0.0162. The molecule has 0 bridgehead atoms. The first-order chi connectivity index (χ1) is 6.90. The SMILES string of the molecule is C/C(=C\C(F)(F)F)C(=O)c1ccccc1. The average molecular weight is 214 g/mol. The van der Waals surface area contributed by atoms with E-state index in [2.05, 4.69) is 0 Å². The monoisotopic (exact) mass is 214 g/mol. The first kappa shape index (κ1) is 11.5. The molecule has 4 heteroatoms. The van der Waals surface area contributed by atoms with Crippen molar-refractivity contribution in [3.05, 3.63) is 47.5 Å². The van der Waals surface area contributed by atoms with Gasteiger partial charge in [0.05, 0.1) is 0 Å². The van der Waals surface area contributed by atoms with Crippen LogP contribution in [-0.4, -0.2) is 12.0 Å². The molecule has 0 saturated carbocycles. The Labute approximate surface area is 85.2 Å². The smallest absolute Gasteiger partial charge is 0.289 e. The lowest BCUT2D eigenvalue weighted by atomic mass is 10.0. The van der Waals surface area contributed by atoms with E-state index in [9.17, 15) is 18.0 Å². The van der Waals surface area contributed by atoms with Crippen molar-refractivity contribution >= 4 is 5.78 Å². The molecule has 0 aliphatic carbocycles. The maximum Gasteiger partial charge on any atom is 0.410 e. The predicted molar refractivity (Wildman–Crippen MR) is 50.6 cm³/mol.